The molecule has 68 valence electrons. The molecule has 0 radical (unpaired) electrons. The zero-order valence-electron chi connectivity index (χ0n) is 7.05. The molecule has 3 heteroatoms. The van der Waals surface area contributed by atoms with E-state index in [0.29, 0.717) is 6.61 Å². The van der Waals surface area contributed by atoms with Crippen LogP contribution in [0.25, 0.3) is 0 Å². The number of ether oxygens (including phenoxy) is 1. The Bertz CT molecular complexity index is 78.5. The summed E-state index contributed by atoms with van der Waals surface area (Å²) in [6.07, 6.45) is 2.96. The zero-order chi connectivity index (χ0) is 8.53. The highest BCUT2D eigenvalue weighted by atomic mass is 35.5. The molecule has 0 aromatic rings. The molecule has 0 unspecified atom stereocenters. The minimum Gasteiger partial charge on any atom is -0.389 e. The fourth-order valence-electron chi connectivity index (χ4n) is 0.718. The van der Waals surface area contributed by atoms with E-state index in [1.807, 2.05) is 0 Å². The maximum Gasteiger partial charge on any atom is 0.0908 e. The zero-order valence-corrected chi connectivity index (χ0v) is 7.81. The largest absolute Gasteiger partial charge is 0.389 e. The second kappa shape index (κ2) is 8.31. The number of aliphatic hydroxyl groups is 1. The van der Waals surface area contributed by atoms with Crippen molar-refractivity contribution >= 4 is 11.6 Å². The van der Waals surface area contributed by atoms with Crippen LogP contribution in [0.5, 0.6) is 0 Å². The molecule has 2 nitrogen and oxygen atoms in total. The van der Waals surface area contributed by atoms with Gasteiger partial charge in [0.25, 0.3) is 0 Å². The third-order valence-electron chi connectivity index (χ3n) is 1.38. The Labute approximate surface area is 73.5 Å². The lowest BCUT2D eigenvalue weighted by molar-refractivity contribution is 0.0463. The summed E-state index contributed by atoms with van der Waals surface area (Å²) in [4.78, 5) is 0. The molecule has 0 aromatic carbocycles. The van der Waals surface area contributed by atoms with Crippen LogP contribution in [0.1, 0.15) is 26.2 Å². The number of hydrogen-bond donors (Lipinski definition) is 1. The Hall–Kier alpha value is 0.210. The van der Waals surface area contributed by atoms with E-state index >= 15 is 0 Å². The van der Waals surface area contributed by atoms with Crippen LogP contribution in [0.2, 0.25) is 0 Å². The second-order valence-electron chi connectivity index (χ2n) is 2.59. The normalized spacial score (nSPS) is 13.4. The maximum atomic E-state index is 8.96. The topological polar surface area (TPSA) is 29.5 Å². The predicted octanol–water partition coefficient (Wildman–Crippen LogP) is 1.79. The van der Waals surface area contributed by atoms with E-state index in [1.54, 1.807) is 0 Å². The Morgan fingerprint density at radius 3 is 2.73 bits per heavy atom. The van der Waals surface area contributed by atoms with Gasteiger partial charge in [-0.1, -0.05) is 19.8 Å². The molecule has 0 aliphatic rings. The standard InChI is InChI=1S/C8H17ClO2/c1-2-3-4-5-11-7-8(10)6-9/h8,10H,2-7H2,1H3/t8-/m1/s1. The summed E-state index contributed by atoms with van der Waals surface area (Å²) >= 11 is 5.36. The molecule has 0 spiro atoms. The van der Waals surface area contributed by atoms with Gasteiger partial charge in [-0.25, -0.2) is 0 Å². The van der Waals surface area contributed by atoms with Gasteiger partial charge < -0.3 is 9.84 Å². The first kappa shape index (κ1) is 11.2. The molecule has 0 heterocycles. The third-order valence-corrected chi connectivity index (χ3v) is 1.74. The van der Waals surface area contributed by atoms with Crippen molar-refractivity contribution in [1.29, 1.82) is 0 Å². The van der Waals surface area contributed by atoms with Gasteiger partial charge in [-0.2, -0.15) is 0 Å². The lowest BCUT2D eigenvalue weighted by Gasteiger charge is -2.06. The number of alkyl halides is 1. The number of halogens is 1. The maximum absolute atomic E-state index is 8.96. The summed E-state index contributed by atoms with van der Waals surface area (Å²) in [5, 5.41) is 8.96. The van der Waals surface area contributed by atoms with E-state index in [0.717, 1.165) is 13.0 Å². The Morgan fingerprint density at radius 2 is 2.18 bits per heavy atom. The van der Waals surface area contributed by atoms with Gasteiger partial charge in [0.15, 0.2) is 0 Å². The molecular weight excluding hydrogens is 164 g/mol. The van der Waals surface area contributed by atoms with E-state index in [-0.39, 0.29) is 5.88 Å². The average molecular weight is 181 g/mol. The van der Waals surface area contributed by atoms with E-state index < -0.39 is 6.10 Å². The van der Waals surface area contributed by atoms with Crippen molar-refractivity contribution in [1.82, 2.24) is 0 Å². The average Bonchev–Trinajstić information content (AvgIpc) is 2.04. The molecule has 0 saturated heterocycles. The van der Waals surface area contributed by atoms with Crippen molar-refractivity contribution in [3.05, 3.63) is 0 Å². The predicted molar refractivity (Wildman–Crippen MR) is 47.1 cm³/mol. The van der Waals surface area contributed by atoms with Crippen molar-refractivity contribution in [3.8, 4) is 0 Å². The fraction of sp³-hybridized carbons (Fsp3) is 1.00. The lowest BCUT2D eigenvalue weighted by atomic mass is 10.3. The molecular formula is C8H17ClO2. The first-order valence-electron chi connectivity index (χ1n) is 4.13. The monoisotopic (exact) mass is 180 g/mol. The van der Waals surface area contributed by atoms with Crippen molar-refractivity contribution in [2.45, 2.75) is 32.3 Å². The van der Waals surface area contributed by atoms with Crippen molar-refractivity contribution in [2.75, 3.05) is 19.1 Å². The van der Waals surface area contributed by atoms with Crippen LogP contribution in [-0.2, 0) is 4.74 Å². The highest BCUT2D eigenvalue weighted by Gasteiger charge is 1.99. The van der Waals surface area contributed by atoms with E-state index in [1.165, 1.54) is 12.8 Å². The summed E-state index contributed by atoms with van der Waals surface area (Å²) in [7, 11) is 0. The second-order valence-corrected chi connectivity index (χ2v) is 2.90. The van der Waals surface area contributed by atoms with Crippen LogP contribution >= 0.6 is 11.6 Å². The van der Waals surface area contributed by atoms with Gasteiger partial charge in [0.1, 0.15) is 0 Å². The first-order valence-corrected chi connectivity index (χ1v) is 4.66. The summed E-state index contributed by atoms with van der Waals surface area (Å²) in [6, 6.07) is 0. The third kappa shape index (κ3) is 8.11. The van der Waals surface area contributed by atoms with Gasteiger partial charge in [-0.15, -0.1) is 11.6 Å². The van der Waals surface area contributed by atoms with Crippen LogP contribution in [0.3, 0.4) is 0 Å². The van der Waals surface area contributed by atoms with Crippen molar-refractivity contribution in [2.24, 2.45) is 0 Å². The van der Waals surface area contributed by atoms with Gasteiger partial charge in [0, 0.05) is 6.61 Å². The molecule has 0 fully saturated rings. The minimum absolute atomic E-state index is 0.258. The van der Waals surface area contributed by atoms with Crippen molar-refractivity contribution < 1.29 is 9.84 Å². The molecule has 11 heavy (non-hydrogen) atoms. The van der Waals surface area contributed by atoms with Gasteiger partial charge in [0.2, 0.25) is 0 Å². The number of unbranched alkanes of at least 4 members (excludes halogenated alkanes) is 2. The first-order chi connectivity index (χ1) is 5.31. The number of hydrogen-bond acceptors (Lipinski definition) is 2. The van der Waals surface area contributed by atoms with Crippen LogP contribution in [0, 0.1) is 0 Å². The van der Waals surface area contributed by atoms with E-state index in [9.17, 15) is 0 Å². The van der Waals surface area contributed by atoms with E-state index in [2.05, 4.69) is 6.92 Å². The molecule has 0 saturated carbocycles. The summed E-state index contributed by atoms with van der Waals surface area (Å²) in [6.45, 7) is 3.25. The molecule has 0 aromatic heterocycles. The molecule has 1 N–H and O–H groups in total. The van der Waals surface area contributed by atoms with Gasteiger partial charge in [-0.3, -0.25) is 0 Å². The highest BCUT2D eigenvalue weighted by Crippen LogP contribution is 1.95. The summed E-state index contributed by atoms with van der Waals surface area (Å²) < 4.78 is 5.15. The highest BCUT2D eigenvalue weighted by molar-refractivity contribution is 6.18. The SMILES string of the molecule is CCCCCOC[C@H](O)CCl. The molecule has 1 atom stereocenters. The summed E-state index contributed by atoms with van der Waals surface area (Å²) in [5.41, 5.74) is 0. The molecule has 0 amide bonds. The van der Waals surface area contributed by atoms with Crippen molar-refractivity contribution in [3.63, 3.8) is 0 Å². The number of aliphatic hydroxyl groups excluding tert-OH is 1. The Balaban J connectivity index is 2.89. The quantitative estimate of drug-likeness (QED) is 0.478. The van der Waals surface area contributed by atoms with Crippen LogP contribution in [0.15, 0.2) is 0 Å². The van der Waals surface area contributed by atoms with Gasteiger partial charge >= 0.3 is 0 Å². The van der Waals surface area contributed by atoms with E-state index in [4.69, 9.17) is 21.4 Å². The number of rotatable bonds is 7. The molecule has 0 bridgehead atoms. The van der Waals surface area contributed by atoms with Gasteiger partial charge in [0.05, 0.1) is 18.6 Å². The molecule has 0 aliphatic heterocycles. The van der Waals surface area contributed by atoms with Crippen LogP contribution in [-0.4, -0.2) is 30.3 Å². The molecule has 0 aliphatic carbocycles. The lowest BCUT2D eigenvalue weighted by Crippen LogP contribution is -2.17. The Kier molecular flexibility index (Phi) is 8.47. The summed E-state index contributed by atoms with van der Waals surface area (Å²) in [5.74, 6) is 0.258. The minimum atomic E-state index is -0.502. The van der Waals surface area contributed by atoms with Crippen LogP contribution < -0.4 is 0 Å². The fourth-order valence-corrected chi connectivity index (χ4v) is 0.807. The Morgan fingerprint density at radius 1 is 1.45 bits per heavy atom. The van der Waals surface area contributed by atoms with Gasteiger partial charge in [-0.05, 0) is 6.42 Å². The smallest absolute Gasteiger partial charge is 0.0908 e. The molecule has 0 rings (SSSR count). The van der Waals surface area contributed by atoms with Crippen LogP contribution in [0.4, 0.5) is 0 Å².